The molecule has 1 aromatic carbocycles. The Kier molecular flexibility index (Phi) is 7.65. The highest BCUT2D eigenvalue weighted by atomic mass is 79.9. The molecule has 1 amide bonds. The van der Waals surface area contributed by atoms with Gasteiger partial charge in [0, 0.05) is 29.9 Å². The van der Waals surface area contributed by atoms with Crippen molar-refractivity contribution in [3.05, 3.63) is 58.5 Å². The fourth-order valence-electron chi connectivity index (χ4n) is 3.22. The number of piperidine rings is 1. The van der Waals surface area contributed by atoms with Crippen molar-refractivity contribution in [3.63, 3.8) is 0 Å². The number of likely N-dealkylation sites (tertiary alicyclic amines) is 1. The molecular weight excluding hydrogens is 412 g/mol. The summed E-state index contributed by atoms with van der Waals surface area (Å²) in [6, 6.07) is 12.3. The normalized spacial score (nSPS) is 18.0. The summed E-state index contributed by atoms with van der Waals surface area (Å²) in [5.41, 5.74) is 1.29. The molecule has 140 valence electrons. The number of thioether (sulfide) groups is 1. The molecule has 1 atom stereocenters. The lowest BCUT2D eigenvalue weighted by Crippen LogP contribution is -2.43. The second-order valence-electron chi connectivity index (χ2n) is 6.62. The number of benzene rings is 1. The van der Waals surface area contributed by atoms with Gasteiger partial charge in [-0.3, -0.25) is 9.69 Å². The third-order valence-corrected chi connectivity index (χ3v) is 6.08. The van der Waals surface area contributed by atoms with E-state index in [2.05, 4.69) is 50.4 Å². The standard InChI is InChI=1S/C20H25BrN2O2S/c21-18-7-5-16(6-8-18)13-23-10-1-3-17(14-23)20(24)22-9-12-26-15-19-4-2-11-25-19/h2,4-8,11,17H,1,3,9-10,12-15H2,(H,22,24). The van der Waals surface area contributed by atoms with Crippen LogP contribution in [0.2, 0.25) is 0 Å². The first-order chi connectivity index (χ1) is 12.7. The molecule has 1 unspecified atom stereocenters. The Labute approximate surface area is 167 Å². The molecular formula is C20H25BrN2O2S. The van der Waals surface area contributed by atoms with Gasteiger partial charge in [0.05, 0.1) is 17.9 Å². The molecule has 2 aromatic rings. The summed E-state index contributed by atoms with van der Waals surface area (Å²) in [4.78, 5) is 14.9. The van der Waals surface area contributed by atoms with Crippen LogP contribution >= 0.6 is 27.7 Å². The number of rotatable bonds is 8. The van der Waals surface area contributed by atoms with Gasteiger partial charge in [0.1, 0.15) is 5.76 Å². The highest BCUT2D eigenvalue weighted by molar-refractivity contribution is 9.10. The first-order valence-corrected chi connectivity index (χ1v) is 11.0. The van der Waals surface area contributed by atoms with E-state index in [0.717, 1.165) is 54.2 Å². The van der Waals surface area contributed by atoms with Crippen LogP contribution < -0.4 is 5.32 Å². The lowest BCUT2D eigenvalue weighted by atomic mass is 9.96. The average Bonchev–Trinajstić information content (AvgIpc) is 3.17. The third-order valence-electron chi connectivity index (χ3n) is 4.57. The van der Waals surface area contributed by atoms with Crippen molar-refractivity contribution < 1.29 is 9.21 Å². The number of carbonyl (C=O) groups is 1. The molecule has 1 aliphatic rings. The van der Waals surface area contributed by atoms with Gasteiger partial charge in [0.25, 0.3) is 0 Å². The van der Waals surface area contributed by atoms with E-state index in [1.807, 2.05) is 12.1 Å². The molecule has 1 aromatic heterocycles. The molecule has 1 fully saturated rings. The second kappa shape index (κ2) is 10.2. The molecule has 4 nitrogen and oxygen atoms in total. The predicted molar refractivity (Wildman–Crippen MR) is 110 cm³/mol. The van der Waals surface area contributed by atoms with Gasteiger partial charge >= 0.3 is 0 Å². The van der Waals surface area contributed by atoms with Crippen LogP contribution in [-0.2, 0) is 17.1 Å². The zero-order chi connectivity index (χ0) is 18.2. The molecule has 2 heterocycles. The Morgan fingerprint density at radius 2 is 2.15 bits per heavy atom. The van der Waals surface area contributed by atoms with Crippen LogP contribution in [-0.4, -0.2) is 36.2 Å². The predicted octanol–water partition coefficient (Wildman–Crippen LogP) is 4.30. The van der Waals surface area contributed by atoms with Crippen molar-refractivity contribution in [3.8, 4) is 0 Å². The van der Waals surface area contributed by atoms with E-state index in [-0.39, 0.29) is 11.8 Å². The van der Waals surface area contributed by atoms with Gasteiger partial charge in [0.2, 0.25) is 5.91 Å². The number of amides is 1. The Balaban J connectivity index is 1.36. The first-order valence-electron chi connectivity index (χ1n) is 9.05. The minimum atomic E-state index is 0.106. The van der Waals surface area contributed by atoms with Gasteiger partial charge in [-0.1, -0.05) is 28.1 Å². The number of halogens is 1. The lowest BCUT2D eigenvalue weighted by Gasteiger charge is -2.32. The summed E-state index contributed by atoms with van der Waals surface area (Å²) < 4.78 is 6.41. The Bertz CT molecular complexity index is 676. The molecule has 0 radical (unpaired) electrons. The number of hydrogen-bond acceptors (Lipinski definition) is 4. The number of furan rings is 1. The quantitative estimate of drug-likeness (QED) is 0.626. The minimum Gasteiger partial charge on any atom is -0.468 e. The number of carbonyl (C=O) groups excluding carboxylic acids is 1. The van der Waals surface area contributed by atoms with Crippen LogP contribution in [0.1, 0.15) is 24.2 Å². The summed E-state index contributed by atoms with van der Waals surface area (Å²) >= 11 is 5.25. The van der Waals surface area contributed by atoms with Crippen molar-refractivity contribution in [2.75, 3.05) is 25.4 Å². The maximum atomic E-state index is 12.5. The van der Waals surface area contributed by atoms with E-state index in [9.17, 15) is 4.79 Å². The molecule has 0 aliphatic carbocycles. The maximum absolute atomic E-state index is 12.5. The van der Waals surface area contributed by atoms with Crippen LogP contribution in [0.25, 0.3) is 0 Å². The van der Waals surface area contributed by atoms with Gasteiger partial charge in [0.15, 0.2) is 0 Å². The molecule has 1 saturated heterocycles. The second-order valence-corrected chi connectivity index (χ2v) is 8.64. The molecule has 0 spiro atoms. The van der Waals surface area contributed by atoms with Gasteiger partial charge in [-0.25, -0.2) is 0 Å². The lowest BCUT2D eigenvalue weighted by molar-refractivity contribution is -0.126. The molecule has 1 N–H and O–H groups in total. The van der Waals surface area contributed by atoms with E-state index >= 15 is 0 Å². The largest absolute Gasteiger partial charge is 0.468 e. The highest BCUT2D eigenvalue weighted by Gasteiger charge is 2.25. The number of nitrogens with zero attached hydrogens (tertiary/aromatic N) is 1. The van der Waals surface area contributed by atoms with E-state index in [1.165, 1.54) is 5.56 Å². The van der Waals surface area contributed by atoms with Crippen molar-refractivity contribution in [1.29, 1.82) is 0 Å². The Morgan fingerprint density at radius 1 is 1.31 bits per heavy atom. The van der Waals surface area contributed by atoms with Crippen molar-refractivity contribution in [2.45, 2.75) is 25.1 Å². The zero-order valence-electron chi connectivity index (χ0n) is 14.8. The summed E-state index contributed by atoms with van der Waals surface area (Å²) in [5.74, 6) is 3.05. The monoisotopic (exact) mass is 436 g/mol. The van der Waals surface area contributed by atoms with E-state index in [4.69, 9.17) is 4.42 Å². The topological polar surface area (TPSA) is 45.5 Å². The number of nitrogens with one attached hydrogen (secondary N) is 1. The summed E-state index contributed by atoms with van der Waals surface area (Å²) in [6.07, 6.45) is 3.77. The molecule has 6 heteroatoms. The van der Waals surface area contributed by atoms with Gasteiger partial charge in [-0.2, -0.15) is 11.8 Å². The maximum Gasteiger partial charge on any atom is 0.224 e. The first kappa shape index (κ1) is 19.5. The fraction of sp³-hybridized carbons (Fsp3) is 0.450. The highest BCUT2D eigenvalue weighted by Crippen LogP contribution is 2.20. The minimum absolute atomic E-state index is 0.106. The van der Waals surface area contributed by atoms with Crippen LogP contribution in [0.4, 0.5) is 0 Å². The zero-order valence-corrected chi connectivity index (χ0v) is 17.2. The number of hydrogen-bond donors (Lipinski definition) is 1. The van der Waals surface area contributed by atoms with Crippen LogP contribution in [0.15, 0.2) is 51.6 Å². The molecule has 1 aliphatic heterocycles. The van der Waals surface area contributed by atoms with E-state index in [0.29, 0.717) is 6.54 Å². The smallest absolute Gasteiger partial charge is 0.224 e. The van der Waals surface area contributed by atoms with E-state index in [1.54, 1.807) is 18.0 Å². The fourth-order valence-corrected chi connectivity index (χ4v) is 4.24. The molecule has 0 bridgehead atoms. The molecule has 0 saturated carbocycles. The van der Waals surface area contributed by atoms with Crippen molar-refractivity contribution in [1.82, 2.24) is 10.2 Å². The van der Waals surface area contributed by atoms with Gasteiger partial charge in [-0.05, 0) is 49.2 Å². The van der Waals surface area contributed by atoms with Crippen molar-refractivity contribution >= 4 is 33.6 Å². The van der Waals surface area contributed by atoms with Crippen LogP contribution in [0.3, 0.4) is 0 Å². The van der Waals surface area contributed by atoms with E-state index < -0.39 is 0 Å². The third kappa shape index (κ3) is 6.18. The van der Waals surface area contributed by atoms with Crippen LogP contribution in [0.5, 0.6) is 0 Å². The average molecular weight is 437 g/mol. The van der Waals surface area contributed by atoms with Gasteiger partial charge in [-0.15, -0.1) is 0 Å². The SMILES string of the molecule is O=C(NCCSCc1ccco1)C1CCCN(Cc2ccc(Br)cc2)C1. The summed E-state index contributed by atoms with van der Waals surface area (Å²) in [7, 11) is 0. The Morgan fingerprint density at radius 3 is 2.92 bits per heavy atom. The summed E-state index contributed by atoms with van der Waals surface area (Å²) in [6.45, 7) is 3.55. The molecule has 26 heavy (non-hydrogen) atoms. The van der Waals surface area contributed by atoms with Gasteiger partial charge < -0.3 is 9.73 Å². The van der Waals surface area contributed by atoms with Crippen molar-refractivity contribution in [2.24, 2.45) is 5.92 Å². The van der Waals surface area contributed by atoms with Crippen LogP contribution in [0, 0.1) is 5.92 Å². The summed E-state index contributed by atoms with van der Waals surface area (Å²) in [5, 5.41) is 3.10. The Hall–Kier alpha value is -1.24. The molecule has 3 rings (SSSR count).